The molecule has 22 heavy (non-hydrogen) atoms. The molecule has 0 unspecified atom stereocenters. The van der Waals surface area contributed by atoms with E-state index in [1.165, 1.54) is 0 Å². The van der Waals surface area contributed by atoms with Crippen LogP contribution in [0.2, 0.25) is 0 Å². The van der Waals surface area contributed by atoms with Crippen molar-refractivity contribution in [1.82, 2.24) is 10.2 Å². The van der Waals surface area contributed by atoms with Crippen LogP contribution >= 0.6 is 0 Å². The lowest BCUT2D eigenvalue weighted by atomic mass is 10.3. The number of carbonyl (C=O) groups excluding carboxylic acids is 1. The van der Waals surface area contributed by atoms with Gasteiger partial charge >= 0.3 is 0 Å². The smallest absolute Gasteiger partial charge is 0.234 e. The molecule has 124 valence electrons. The highest BCUT2D eigenvalue weighted by Gasteiger charge is 2.08. The maximum atomic E-state index is 11.7. The van der Waals surface area contributed by atoms with Crippen molar-refractivity contribution < 1.29 is 19.4 Å². The second-order valence-corrected chi connectivity index (χ2v) is 5.15. The minimum absolute atomic E-state index is 0.0848. The highest BCUT2D eigenvalue weighted by atomic mass is 16.5. The molecule has 0 bridgehead atoms. The lowest BCUT2D eigenvalue weighted by Crippen LogP contribution is -2.39. The Balaban J connectivity index is 2.17. The van der Waals surface area contributed by atoms with Crippen LogP contribution in [-0.4, -0.2) is 61.9 Å². The molecule has 6 heteroatoms. The molecule has 0 fully saturated rings. The van der Waals surface area contributed by atoms with E-state index in [0.717, 1.165) is 11.5 Å². The van der Waals surface area contributed by atoms with Gasteiger partial charge in [0.2, 0.25) is 5.91 Å². The van der Waals surface area contributed by atoms with E-state index in [9.17, 15) is 9.90 Å². The van der Waals surface area contributed by atoms with Crippen LogP contribution in [0, 0.1) is 0 Å². The molecule has 0 aliphatic rings. The number of benzene rings is 1. The molecule has 2 N–H and O–H groups in total. The number of amides is 1. The predicted octanol–water partition coefficient (Wildman–Crippen LogP) is 0.893. The monoisotopic (exact) mass is 310 g/mol. The summed E-state index contributed by atoms with van der Waals surface area (Å²) in [4.78, 5) is 13.4. The Morgan fingerprint density at radius 2 is 1.86 bits per heavy atom. The molecule has 6 nitrogen and oxygen atoms in total. The molecule has 0 radical (unpaired) electrons. The number of likely N-dealkylation sites (N-methyl/N-ethyl adjacent to an activating group) is 1. The molecule has 1 rings (SSSR count). The van der Waals surface area contributed by atoms with Crippen molar-refractivity contribution in [2.75, 3.05) is 39.9 Å². The number of aliphatic hydroxyl groups is 1. The molecule has 0 aliphatic carbocycles. The van der Waals surface area contributed by atoms with Crippen molar-refractivity contribution in [3.63, 3.8) is 0 Å². The molecule has 0 saturated carbocycles. The number of ether oxygens (including phenoxy) is 2. The second-order valence-electron chi connectivity index (χ2n) is 5.15. The van der Waals surface area contributed by atoms with Gasteiger partial charge in [0.05, 0.1) is 25.8 Å². The van der Waals surface area contributed by atoms with Gasteiger partial charge in [-0.25, -0.2) is 0 Å². The Morgan fingerprint density at radius 3 is 2.41 bits per heavy atom. The topological polar surface area (TPSA) is 71.0 Å². The Morgan fingerprint density at radius 1 is 1.27 bits per heavy atom. The number of nitrogens with one attached hydrogen (secondary N) is 1. The number of carbonyl (C=O) groups is 1. The van der Waals surface area contributed by atoms with Crippen LogP contribution in [0.3, 0.4) is 0 Å². The first kappa shape index (κ1) is 18.3. The Hall–Kier alpha value is -1.79. The van der Waals surface area contributed by atoms with E-state index in [1.807, 2.05) is 31.2 Å². The summed E-state index contributed by atoms with van der Waals surface area (Å²) < 4.78 is 10.9. The van der Waals surface area contributed by atoms with E-state index in [1.54, 1.807) is 18.9 Å². The normalized spacial score (nSPS) is 12.0. The molecule has 0 saturated heterocycles. The Labute approximate surface area is 132 Å². The summed E-state index contributed by atoms with van der Waals surface area (Å²) >= 11 is 0. The molecule has 0 spiro atoms. The van der Waals surface area contributed by atoms with Gasteiger partial charge in [-0.1, -0.05) is 0 Å². The van der Waals surface area contributed by atoms with Crippen LogP contribution in [0.15, 0.2) is 24.3 Å². The number of rotatable bonds is 10. The van der Waals surface area contributed by atoms with Crippen molar-refractivity contribution in [2.45, 2.75) is 20.0 Å². The average Bonchev–Trinajstić information content (AvgIpc) is 2.44. The van der Waals surface area contributed by atoms with Crippen LogP contribution in [0.5, 0.6) is 11.5 Å². The minimum atomic E-state index is -0.444. The van der Waals surface area contributed by atoms with E-state index in [2.05, 4.69) is 5.32 Å². The molecule has 1 aromatic carbocycles. The predicted molar refractivity (Wildman–Crippen MR) is 85.3 cm³/mol. The van der Waals surface area contributed by atoms with Crippen molar-refractivity contribution in [3.8, 4) is 11.5 Å². The van der Waals surface area contributed by atoms with Crippen LogP contribution in [0.1, 0.15) is 13.8 Å². The molecular weight excluding hydrogens is 284 g/mol. The second kappa shape index (κ2) is 10.0. The third-order valence-corrected chi connectivity index (χ3v) is 2.82. The molecular formula is C16H26N2O4. The number of hydrogen-bond donors (Lipinski definition) is 2. The summed E-state index contributed by atoms with van der Waals surface area (Å²) in [6.45, 7) is 5.83. The summed E-state index contributed by atoms with van der Waals surface area (Å²) in [6.07, 6.45) is -0.444. The fourth-order valence-electron chi connectivity index (χ4n) is 1.97. The van der Waals surface area contributed by atoms with Crippen molar-refractivity contribution in [3.05, 3.63) is 24.3 Å². The number of aliphatic hydroxyl groups excluding tert-OH is 1. The van der Waals surface area contributed by atoms with Gasteiger partial charge in [0.25, 0.3) is 0 Å². The van der Waals surface area contributed by atoms with Gasteiger partial charge in [-0.15, -0.1) is 0 Å². The van der Waals surface area contributed by atoms with Crippen LogP contribution < -0.4 is 14.8 Å². The van der Waals surface area contributed by atoms with Gasteiger partial charge in [-0.3, -0.25) is 9.69 Å². The first-order valence-corrected chi connectivity index (χ1v) is 7.50. The fraction of sp³-hybridized carbons (Fsp3) is 0.562. The van der Waals surface area contributed by atoms with E-state index < -0.39 is 6.10 Å². The molecule has 0 heterocycles. The van der Waals surface area contributed by atoms with E-state index in [0.29, 0.717) is 26.3 Å². The minimum Gasteiger partial charge on any atom is -0.494 e. The van der Waals surface area contributed by atoms with Crippen molar-refractivity contribution in [2.24, 2.45) is 0 Å². The quantitative estimate of drug-likeness (QED) is 0.628. The van der Waals surface area contributed by atoms with Gasteiger partial charge in [0.15, 0.2) is 0 Å². The largest absolute Gasteiger partial charge is 0.494 e. The summed E-state index contributed by atoms with van der Waals surface area (Å²) in [7, 11) is 1.79. The van der Waals surface area contributed by atoms with Crippen LogP contribution in [0.4, 0.5) is 0 Å². The van der Waals surface area contributed by atoms with Gasteiger partial charge in [0.1, 0.15) is 18.1 Å². The summed E-state index contributed by atoms with van der Waals surface area (Å²) in [5, 5.41) is 12.0. The maximum absolute atomic E-state index is 11.7. The standard InChI is InChI=1S/C16H26N2O4/c1-4-21-14-5-7-15(8-6-14)22-10-9-17-16(20)12-18(3)11-13(2)19/h5-8,13,19H,4,9-12H2,1-3H3,(H,17,20)/t13-/m1/s1. The molecule has 1 atom stereocenters. The summed E-state index contributed by atoms with van der Waals surface area (Å²) in [6, 6.07) is 7.37. The van der Waals surface area contributed by atoms with Gasteiger partial charge < -0.3 is 19.9 Å². The van der Waals surface area contributed by atoms with Crippen molar-refractivity contribution >= 4 is 5.91 Å². The Bertz CT molecular complexity index is 434. The molecule has 1 amide bonds. The molecule has 0 aliphatic heterocycles. The third kappa shape index (κ3) is 7.85. The summed E-state index contributed by atoms with van der Waals surface area (Å²) in [5.41, 5.74) is 0. The number of hydrogen-bond acceptors (Lipinski definition) is 5. The summed E-state index contributed by atoms with van der Waals surface area (Å²) in [5.74, 6) is 1.46. The first-order chi connectivity index (χ1) is 10.5. The lowest BCUT2D eigenvalue weighted by Gasteiger charge is -2.17. The van der Waals surface area contributed by atoms with E-state index >= 15 is 0 Å². The molecule has 0 aromatic heterocycles. The highest BCUT2D eigenvalue weighted by molar-refractivity contribution is 5.77. The SMILES string of the molecule is CCOc1ccc(OCCNC(=O)CN(C)C[C@@H](C)O)cc1. The zero-order valence-electron chi connectivity index (χ0n) is 13.5. The fourth-order valence-corrected chi connectivity index (χ4v) is 1.97. The van der Waals surface area contributed by atoms with Gasteiger partial charge in [0, 0.05) is 6.54 Å². The van der Waals surface area contributed by atoms with Crippen molar-refractivity contribution in [1.29, 1.82) is 0 Å². The Kier molecular flexibility index (Phi) is 8.32. The van der Waals surface area contributed by atoms with Crippen LogP contribution in [-0.2, 0) is 4.79 Å². The number of nitrogens with zero attached hydrogens (tertiary/aromatic N) is 1. The van der Waals surface area contributed by atoms with Crippen LogP contribution in [0.25, 0.3) is 0 Å². The first-order valence-electron chi connectivity index (χ1n) is 7.50. The van der Waals surface area contributed by atoms with Gasteiger partial charge in [-0.2, -0.15) is 0 Å². The zero-order valence-corrected chi connectivity index (χ0v) is 13.5. The average molecular weight is 310 g/mol. The van der Waals surface area contributed by atoms with E-state index in [4.69, 9.17) is 9.47 Å². The highest BCUT2D eigenvalue weighted by Crippen LogP contribution is 2.17. The van der Waals surface area contributed by atoms with Gasteiger partial charge in [-0.05, 0) is 45.2 Å². The third-order valence-electron chi connectivity index (χ3n) is 2.82. The molecule has 1 aromatic rings. The zero-order chi connectivity index (χ0) is 16.4. The maximum Gasteiger partial charge on any atom is 0.234 e. The van der Waals surface area contributed by atoms with E-state index in [-0.39, 0.29) is 12.5 Å². The lowest BCUT2D eigenvalue weighted by molar-refractivity contribution is -0.122.